The molecule has 0 unspecified atom stereocenters. The second-order valence-corrected chi connectivity index (χ2v) is 7.41. The molecular formula is C22H16N2O4S. The molecule has 1 N–H and O–H groups in total. The van der Waals surface area contributed by atoms with Crippen LogP contribution in [0.4, 0.5) is 5.00 Å². The van der Waals surface area contributed by atoms with Gasteiger partial charge in [-0.05, 0) is 35.2 Å². The van der Waals surface area contributed by atoms with Crippen molar-refractivity contribution in [3.63, 3.8) is 0 Å². The number of thiophene rings is 1. The van der Waals surface area contributed by atoms with Crippen molar-refractivity contribution in [3.8, 4) is 6.07 Å². The molecule has 4 aromatic rings. The third-order valence-electron chi connectivity index (χ3n) is 4.57. The van der Waals surface area contributed by atoms with Gasteiger partial charge in [-0.3, -0.25) is 9.59 Å². The predicted molar refractivity (Wildman–Crippen MR) is 111 cm³/mol. The maximum Gasteiger partial charge on any atom is 0.311 e. The number of hydrogen-bond acceptors (Lipinski definition) is 6. The summed E-state index contributed by atoms with van der Waals surface area (Å²) in [7, 11) is 0. The van der Waals surface area contributed by atoms with E-state index in [1.54, 1.807) is 17.7 Å². The van der Waals surface area contributed by atoms with Crippen LogP contribution in [0.5, 0.6) is 0 Å². The predicted octanol–water partition coefficient (Wildman–Crippen LogP) is 4.63. The first-order valence-electron chi connectivity index (χ1n) is 8.92. The zero-order valence-electron chi connectivity index (χ0n) is 15.5. The monoisotopic (exact) mass is 404 g/mol. The molecule has 0 spiro atoms. The van der Waals surface area contributed by atoms with Crippen molar-refractivity contribution in [2.75, 3.05) is 5.32 Å². The molecular weight excluding hydrogens is 388 g/mol. The molecule has 7 heteroatoms. The smallest absolute Gasteiger partial charge is 0.311 e. The molecule has 0 aliphatic heterocycles. The Morgan fingerprint density at radius 3 is 2.90 bits per heavy atom. The molecule has 2 heterocycles. The summed E-state index contributed by atoms with van der Waals surface area (Å²) in [5, 5.41) is 16.7. The minimum Gasteiger partial charge on any atom is -0.464 e. The van der Waals surface area contributed by atoms with Crippen LogP contribution in [0.2, 0.25) is 0 Å². The van der Waals surface area contributed by atoms with E-state index < -0.39 is 18.0 Å². The van der Waals surface area contributed by atoms with Crippen LogP contribution in [-0.4, -0.2) is 18.0 Å². The number of carbonyl (C=O) groups excluding carboxylic acids is 2. The number of furan rings is 1. The van der Waals surface area contributed by atoms with Crippen LogP contribution in [0.15, 0.2) is 58.5 Å². The quantitative estimate of drug-likeness (QED) is 0.490. The second-order valence-electron chi connectivity index (χ2n) is 6.49. The summed E-state index contributed by atoms with van der Waals surface area (Å²) in [6.45, 7) is 1.50. The van der Waals surface area contributed by atoms with Crippen LogP contribution in [0, 0.1) is 11.3 Å². The molecule has 29 heavy (non-hydrogen) atoms. The zero-order chi connectivity index (χ0) is 20.4. The molecule has 6 nitrogen and oxygen atoms in total. The minimum absolute atomic E-state index is 0.0128. The summed E-state index contributed by atoms with van der Waals surface area (Å²) < 4.78 is 10.9. The first kappa shape index (κ1) is 18.7. The molecule has 0 radical (unpaired) electrons. The fourth-order valence-corrected chi connectivity index (χ4v) is 3.90. The largest absolute Gasteiger partial charge is 0.464 e. The maximum absolute atomic E-state index is 12.4. The van der Waals surface area contributed by atoms with Crippen LogP contribution in [0.3, 0.4) is 0 Å². The lowest BCUT2D eigenvalue weighted by molar-refractivity contribution is -0.152. The normalized spacial score (nSPS) is 11.9. The number of amides is 1. The van der Waals surface area contributed by atoms with Gasteiger partial charge in [-0.2, -0.15) is 5.26 Å². The molecule has 1 atom stereocenters. The van der Waals surface area contributed by atoms with Gasteiger partial charge >= 0.3 is 5.97 Å². The molecule has 0 aliphatic rings. The average Bonchev–Trinajstić information content (AvgIpc) is 3.34. The van der Waals surface area contributed by atoms with E-state index in [4.69, 9.17) is 14.4 Å². The Bertz CT molecular complexity index is 1260. The fourth-order valence-electron chi connectivity index (χ4n) is 3.16. The van der Waals surface area contributed by atoms with Gasteiger partial charge in [-0.1, -0.05) is 30.3 Å². The van der Waals surface area contributed by atoms with Crippen LogP contribution in [0.1, 0.15) is 18.1 Å². The number of hydrogen-bond donors (Lipinski definition) is 1. The Balaban J connectivity index is 1.48. The summed E-state index contributed by atoms with van der Waals surface area (Å²) >= 11 is 1.24. The Kier molecular flexibility index (Phi) is 5.02. The highest BCUT2D eigenvalue weighted by Crippen LogP contribution is 2.30. The number of nitriles is 1. The Morgan fingerprint density at radius 2 is 2.07 bits per heavy atom. The van der Waals surface area contributed by atoms with Crippen LogP contribution < -0.4 is 5.32 Å². The number of nitrogens with one attached hydrogen (secondary N) is 1. The van der Waals surface area contributed by atoms with Crippen LogP contribution in [-0.2, 0) is 20.7 Å². The van der Waals surface area contributed by atoms with Gasteiger partial charge in [0.15, 0.2) is 6.10 Å². The van der Waals surface area contributed by atoms with Gasteiger partial charge in [0, 0.05) is 10.9 Å². The number of anilines is 1. The molecule has 0 aliphatic carbocycles. The minimum atomic E-state index is -0.994. The van der Waals surface area contributed by atoms with E-state index in [0.29, 0.717) is 21.7 Å². The van der Waals surface area contributed by atoms with E-state index in [9.17, 15) is 9.59 Å². The topological polar surface area (TPSA) is 92.3 Å². The second kappa shape index (κ2) is 7.78. The molecule has 0 fully saturated rings. The first-order valence-corrected chi connectivity index (χ1v) is 9.80. The Labute approximate surface area is 170 Å². The highest BCUT2D eigenvalue weighted by atomic mass is 32.1. The van der Waals surface area contributed by atoms with E-state index in [-0.39, 0.29) is 6.42 Å². The van der Waals surface area contributed by atoms with Gasteiger partial charge in [-0.15, -0.1) is 11.3 Å². The van der Waals surface area contributed by atoms with Crippen molar-refractivity contribution in [3.05, 3.63) is 65.2 Å². The van der Waals surface area contributed by atoms with E-state index in [0.717, 1.165) is 16.2 Å². The number of ether oxygens (including phenoxy) is 1. The number of fused-ring (bicyclic) bond motifs is 3. The molecule has 0 saturated heterocycles. The first-order chi connectivity index (χ1) is 14.1. The molecule has 1 amide bonds. The van der Waals surface area contributed by atoms with Crippen molar-refractivity contribution in [2.24, 2.45) is 0 Å². The molecule has 0 bridgehead atoms. The van der Waals surface area contributed by atoms with E-state index in [1.165, 1.54) is 18.3 Å². The highest BCUT2D eigenvalue weighted by Gasteiger charge is 2.21. The zero-order valence-corrected chi connectivity index (χ0v) is 16.3. The summed E-state index contributed by atoms with van der Waals surface area (Å²) in [5.41, 5.74) is 1.78. The van der Waals surface area contributed by atoms with E-state index in [2.05, 4.69) is 5.32 Å². The lowest BCUT2D eigenvalue weighted by Gasteiger charge is -2.13. The average molecular weight is 404 g/mol. The van der Waals surface area contributed by atoms with Crippen molar-refractivity contribution >= 4 is 50.0 Å². The van der Waals surface area contributed by atoms with Crippen molar-refractivity contribution in [2.45, 2.75) is 19.4 Å². The molecule has 4 rings (SSSR count). The molecule has 144 valence electrons. The lowest BCUT2D eigenvalue weighted by Crippen LogP contribution is -2.30. The van der Waals surface area contributed by atoms with Crippen molar-refractivity contribution in [1.29, 1.82) is 5.26 Å². The van der Waals surface area contributed by atoms with Gasteiger partial charge in [-0.25, -0.2) is 0 Å². The highest BCUT2D eigenvalue weighted by molar-refractivity contribution is 7.14. The Hall–Kier alpha value is -3.63. The van der Waals surface area contributed by atoms with E-state index >= 15 is 0 Å². The van der Waals surface area contributed by atoms with Gasteiger partial charge < -0.3 is 14.5 Å². The molecule has 2 aromatic heterocycles. The van der Waals surface area contributed by atoms with E-state index in [1.807, 2.05) is 42.5 Å². The van der Waals surface area contributed by atoms with Crippen molar-refractivity contribution < 1.29 is 18.7 Å². The summed E-state index contributed by atoms with van der Waals surface area (Å²) in [5.74, 6) is -1.02. The van der Waals surface area contributed by atoms with Gasteiger partial charge in [0.25, 0.3) is 5.91 Å². The standard InChI is InChI=1S/C22H16N2O4S/c1-13(21(26)24-22-15(11-23)8-9-29-22)28-19(25)10-16-12-27-18-7-6-14-4-2-3-5-17(14)20(16)18/h2-9,12-13H,10H2,1H3,(H,24,26)/t13-/m0/s1. The number of carbonyl (C=O) groups is 2. The lowest BCUT2D eigenvalue weighted by atomic mass is 10.0. The SMILES string of the molecule is C[C@H](OC(=O)Cc1coc2ccc3ccccc3c12)C(=O)Nc1sccc1C#N. The number of rotatable bonds is 5. The summed E-state index contributed by atoms with van der Waals surface area (Å²) in [6.07, 6.45) is 0.542. The fraction of sp³-hybridized carbons (Fsp3) is 0.136. The molecule has 2 aromatic carbocycles. The van der Waals surface area contributed by atoms with Gasteiger partial charge in [0.2, 0.25) is 0 Å². The summed E-state index contributed by atoms with van der Waals surface area (Å²) in [6, 6.07) is 15.3. The van der Waals surface area contributed by atoms with Crippen molar-refractivity contribution in [1.82, 2.24) is 0 Å². The maximum atomic E-state index is 12.4. The Morgan fingerprint density at radius 1 is 1.24 bits per heavy atom. The third kappa shape index (κ3) is 3.71. The van der Waals surface area contributed by atoms with Gasteiger partial charge in [0.05, 0.1) is 18.2 Å². The van der Waals surface area contributed by atoms with Crippen LogP contribution >= 0.6 is 11.3 Å². The van der Waals surface area contributed by atoms with Crippen LogP contribution in [0.25, 0.3) is 21.7 Å². The summed E-state index contributed by atoms with van der Waals surface area (Å²) in [4.78, 5) is 24.7. The number of benzene rings is 2. The molecule has 0 saturated carbocycles. The number of nitrogens with zero attached hydrogens (tertiary/aromatic N) is 1. The number of esters is 1. The van der Waals surface area contributed by atoms with Gasteiger partial charge in [0.1, 0.15) is 16.7 Å². The third-order valence-corrected chi connectivity index (χ3v) is 5.40.